The molecule has 4 rings (SSSR count). The molecular weight excluding hydrogens is 400 g/mol. The summed E-state index contributed by atoms with van der Waals surface area (Å²) >= 11 is 0. The fourth-order valence-corrected chi connectivity index (χ4v) is 5.77. The molecule has 1 saturated carbocycles. The van der Waals surface area contributed by atoms with Gasteiger partial charge in [-0.2, -0.15) is 0 Å². The number of piperidine rings is 1. The first-order valence-electron chi connectivity index (χ1n) is 12.0. The van der Waals surface area contributed by atoms with Crippen LogP contribution < -0.4 is 9.64 Å². The van der Waals surface area contributed by atoms with Crippen LogP contribution in [0.3, 0.4) is 0 Å². The second-order valence-corrected chi connectivity index (χ2v) is 9.11. The minimum Gasteiger partial charge on any atom is -0.496 e. The van der Waals surface area contributed by atoms with Crippen molar-refractivity contribution in [3.63, 3.8) is 0 Å². The second-order valence-electron chi connectivity index (χ2n) is 9.11. The molecule has 1 heterocycles. The molecule has 32 heavy (non-hydrogen) atoms. The zero-order valence-electron chi connectivity index (χ0n) is 19.6. The van der Waals surface area contributed by atoms with Gasteiger partial charge in [0.2, 0.25) is 0 Å². The molecular formula is C27H36N2O3. The van der Waals surface area contributed by atoms with E-state index < -0.39 is 5.60 Å². The van der Waals surface area contributed by atoms with Gasteiger partial charge in [0, 0.05) is 31.2 Å². The van der Waals surface area contributed by atoms with Crippen LogP contribution in [0.1, 0.15) is 67.9 Å². The van der Waals surface area contributed by atoms with Crippen LogP contribution in [-0.4, -0.2) is 48.3 Å². The number of nitrogens with zero attached hydrogens (tertiary/aromatic N) is 2. The molecule has 1 aliphatic heterocycles. The zero-order chi connectivity index (χ0) is 22.7. The van der Waals surface area contributed by atoms with Crippen LogP contribution in [0.5, 0.6) is 5.75 Å². The van der Waals surface area contributed by atoms with Crippen LogP contribution in [0.4, 0.5) is 5.69 Å². The molecule has 2 aliphatic rings. The summed E-state index contributed by atoms with van der Waals surface area (Å²) in [6.45, 7) is 6.79. The number of amides is 1. The highest BCUT2D eigenvalue weighted by molar-refractivity contribution is 5.97. The van der Waals surface area contributed by atoms with Crippen molar-refractivity contribution < 1.29 is 14.6 Å². The Morgan fingerprint density at radius 3 is 2.50 bits per heavy atom. The third-order valence-electron chi connectivity index (χ3n) is 7.53. The first-order chi connectivity index (χ1) is 15.5. The molecule has 0 bridgehead atoms. The molecule has 2 aromatic rings. The van der Waals surface area contributed by atoms with Gasteiger partial charge < -0.3 is 19.6 Å². The second kappa shape index (κ2) is 9.53. The zero-order valence-corrected chi connectivity index (χ0v) is 19.6. The average Bonchev–Trinajstić information content (AvgIpc) is 2.84. The predicted molar refractivity (Wildman–Crippen MR) is 128 cm³/mol. The molecule has 1 amide bonds. The largest absolute Gasteiger partial charge is 0.496 e. The van der Waals surface area contributed by atoms with E-state index in [-0.39, 0.29) is 17.9 Å². The van der Waals surface area contributed by atoms with E-state index in [1.165, 1.54) is 5.69 Å². The summed E-state index contributed by atoms with van der Waals surface area (Å²) in [6.07, 6.45) is 4.54. The Balaban J connectivity index is 1.73. The molecule has 1 saturated heterocycles. The summed E-state index contributed by atoms with van der Waals surface area (Å²) in [4.78, 5) is 18.1. The van der Waals surface area contributed by atoms with E-state index in [9.17, 15) is 9.90 Å². The van der Waals surface area contributed by atoms with Crippen LogP contribution in [-0.2, 0) is 0 Å². The Bertz CT molecular complexity index is 925. The summed E-state index contributed by atoms with van der Waals surface area (Å²) < 4.78 is 5.49. The lowest BCUT2D eigenvalue weighted by atomic mass is 9.66. The van der Waals surface area contributed by atoms with Crippen molar-refractivity contribution in [2.24, 2.45) is 5.92 Å². The number of carbonyl (C=O) groups is 1. The number of anilines is 1. The SMILES string of the molecule is CCN(CC)c1ccc([C@H]2C3CCCCC3(O)CCN2C(=O)c2ccccc2OC)cc1. The summed E-state index contributed by atoms with van der Waals surface area (Å²) in [6, 6.07) is 15.9. The number of methoxy groups -OCH3 is 1. The van der Waals surface area contributed by atoms with E-state index >= 15 is 0 Å². The summed E-state index contributed by atoms with van der Waals surface area (Å²) in [7, 11) is 1.60. The van der Waals surface area contributed by atoms with E-state index in [0.29, 0.717) is 24.3 Å². The molecule has 2 unspecified atom stereocenters. The van der Waals surface area contributed by atoms with Gasteiger partial charge in [-0.15, -0.1) is 0 Å². The maximum absolute atomic E-state index is 13.8. The van der Waals surface area contributed by atoms with Gasteiger partial charge in [-0.25, -0.2) is 0 Å². The molecule has 1 N–H and O–H groups in total. The maximum Gasteiger partial charge on any atom is 0.258 e. The first kappa shape index (κ1) is 22.7. The van der Waals surface area contributed by atoms with E-state index in [4.69, 9.17) is 4.74 Å². The molecule has 172 valence electrons. The number of benzene rings is 2. The number of hydrogen-bond donors (Lipinski definition) is 1. The van der Waals surface area contributed by atoms with E-state index in [2.05, 4.69) is 43.0 Å². The smallest absolute Gasteiger partial charge is 0.258 e. The van der Waals surface area contributed by atoms with Crippen molar-refractivity contribution in [2.45, 2.75) is 57.6 Å². The lowest BCUT2D eigenvalue weighted by molar-refractivity contribution is -0.115. The molecule has 5 nitrogen and oxygen atoms in total. The monoisotopic (exact) mass is 436 g/mol. The molecule has 0 aromatic heterocycles. The van der Waals surface area contributed by atoms with Crippen LogP contribution in [0, 0.1) is 5.92 Å². The maximum atomic E-state index is 13.8. The molecule has 3 atom stereocenters. The van der Waals surface area contributed by atoms with Crippen LogP contribution in [0.2, 0.25) is 0 Å². The van der Waals surface area contributed by atoms with Crippen molar-refractivity contribution in [1.29, 1.82) is 0 Å². The molecule has 2 fully saturated rings. The number of aliphatic hydroxyl groups is 1. The lowest BCUT2D eigenvalue weighted by Crippen LogP contribution is -2.56. The Kier molecular flexibility index (Phi) is 6.75. The van der Waals surface area contributed by atoms with Crippen LogP contribution >= 0.6 is 0 Å². The minimum atomic E-state index is -0.696. The number of fused-ring (bicyclic) bond motifs is 1. The minimum absolute atomic E-state index is 0.0205. The molecule has 0 spiro atoms. The number of carbonyl (C=O) groups excluding carboxylic acids is 1. The van der Waals surface area contributed by atoms with Gasteiger partial charge in [0.05, 0.1) is 24.3 Å². The molecule has 1 aliphatic carbocycles. The topological polar surface area (TPSA) is 53.0 Å². The van der Waals surface area contributed by atoms with E-state index in [1.807, 2.05) is 29.2 Å². The number of para-hydroxylation sites is 1. The summed E-state index contributed by atoms with van der Waals surface area (Å²) in [5.41, 5.74) is 2.18. The first-order valence-corrected chi connectivity index (χ1v) is 12.0. The molecule has 5 heteroatoms. The van der Waals surface area contributed by atoms with Crippen molar-refractivity contribution in [3.05, 3.63) is 59.7 Å². The van der Waals surface area contributed by atoms with E-state index in [0.717, 1.165) is 44.3 Å². The van der Waals surface area contributed by atoms with E-state index in [1.54, 1.807) is 7.11 Å². The third-order valence-corrected chi connectivity index (χ3v) is 7.53. The Labute approximate surface area is 192 Å². The average molecular weight is 437 g/mol. The highest BCUT2D eigenvalue weighted by Gasteiger charge is 2.50. The Morgan fingerprint density at radius 1 is 1.09 bits per heavy atom. The predicted octanol–water partition coefficient (Wildman–Crippen LogP) is 5.05. The fourth-order valence-electron chi connectivity index (χ4n) is 5.77. The Hall–Kier alpha value is -2.53. The number of ether oxygens (including phenoxy) is 1. The van der Waals surface area contributed by atoms with Gasteiger partial charge >= 0.3 is 0 Å². The summed E-state index contributed by atoms with van der Waals surface area (Å²) in [5, 5.41) is 11.5. The van der Waals surface area contributed by atoms with Crippen molar-refractivity contribution in [3.8, 4) is 5.75 Å². The van der Waals surface area contributed by atoms with Gasteiger partial charge in [-0.1, -0.05) is 37.1 Å². The molecule has 2 aromatic carbocycles. The fraction of sp³-hybridized carbons (Fsp3) is 0.519. The van der Waals surface area contributed by atoms with Gasteiger partial charge in [-0.3, -0.25) is 4.79 Å². The standard InChI is InChI=1S/C27H36N2O3/c1-4-28(5-2)21-15-13-20(14-16-21)25-23-11-8-9-17-27(23,31)18-19-29(25)26(30)22-10-6-7-12-24(22)32-3/h6-7,10,12-16,23,25,31H,4-5,8-9,11,17-19H2,1-3H3/t23?,25-,27?/m0/s1. The Morgan fingerprint density at radius 2 is 1.81 bits per heavy atom. The highest BCUT2D eigenvalue weighted by atomic mass is 16.5. The lowest BCUT2D eigenvalue weighted by Gasteiger charge is -2.52. The normalized spacial score (nSPS) is 25.2. The number of hydrogen-bond acceptors (Lipinski definition) is 4. The number of likely N-dealkylation sites (tertiary alicyclic amines) is 1. The van der Waals surface area contributed by atoms with Crippen LogP contribution in [0.25, 0.3) is 0 Å². The van der Waals surface area contributed by atoms with Gasteiger partial charge in [0.15, 0.2) is 0 Å². The van der Waals surface area contributed by atoms with Crippen molar-refractivity contribution in [2.75, 3.05) is 31.6 Å². The molecule has 0 radical (unpaired) electrons. The van der Waals surface area contributed by atoms with Crippen molar-refractivity contribution in [1.82, 2.24) is 4.90 Å². The quantitative estimate of drug-likeness (QED) is 0.688. The van der Waals surface area contributed by atoms with Crippen molar-refractivity contribution >= 4 is 11.6 Å². The van der Waals surface area contributed by atoms with Gasteiger partial charge in [0.25, 0.3) is 5.91 Å². The number of rotatable bonds is 6. The summed E-state index contributed by atoms with van der Waals surface area (Å²) in [5.74, 6) is 0.619. The van der Waals surface area contributed by atoms with Gasteiger partial charge in [-0.05, 0) is 62.9 Å². The highest BCUT2D eigenvalue weighted by Crippen LogP contribution is 2.50. The third kappa shape index (κ3) is 4.11. The van der Waals surface area contributed by atoms with Gasteiger partial charge in [0.1, 0.15) is 5.75 Å². The van der Waals surface area contributed by atoms with Crippen LogP contribution in [0.15, 0.2) is 48.5 Å².